The van der Waals surface area contributed by atoms with E-state index in [0.29, 0.717) is 18.1 Å². The predicted octanol–water partition coefficient (Wildman–Crippen LogP) is 3.49. The lowest BCUT2D eigenvalue weighted by Crippen LogP contribution is -2.10. The second-order valence-corrected chi connectivity index (χ2v) is 8.81. The number of rotatable bonds is 5. The van der Waals surface area contributed by atoms with Gasteiger partial charge in [0.25, 0.3) is 0 Å². The number of benzene rings is 1. The zero-order chi connectivity index (χ0) is 22.8. The van der Waals surface area contributed by atoms with Crippen LogP contribution in [0.5, 0.6) is 0 Å². The van der Waals surface area contributed by atoms with Crippen molar-refractivity contribution in [3.63, 3.8) is 0 Å². The van der Waals surface area contributed by atoms with Crippen molar-refractivity contribution >= 4 is 23.0 Å². The largest absolute Gasteiger partial charge is 0.481 e. The number of hydroxylamine groups is 1. The fourth-order valence-electron chi connectivity index (χ4n) is 3.83. The molecule has 0 saturated carbocycles. The van der Waals surface area contributed by atoms with Crippen LogP contribution >= 0.6 is 11.3 Å². The lowest BCUT2D eigenvalue weighted by atomic mass is 9.98. The number of nitrogens with one attached hydrogen (secondary N) is 1. The van der Waals surface area contributed by atoms with Gasteiger partial charge in [-0.15, -0.1) is 21.5 Å². The number of hydrogen-bond acceptors (Lipinski definition) is 7. The molecule has 8 nitrogen and oxygen atoms in total. The van der Waals surface area contributed by atoms with Gasteiger partial charge in [-0.2, -0.15) is 0 Å². The van der Waals surface area contributed by atoms with Crippen molar-refractivity contribution in [1.82, 2.24) is 20.2 Å². The van der Waals surface area contributed by atoms with Crippen LogP contribution in [0.2, 0.25) is 0 Å². The van der Waals surface area contributed by atoms with Gasteiger partial charge in [0.05, 0.1) is 12.1 Å². The number of aryl methyl sites for hydroxylation is 3. The summed E-state index contributed by atoms with van der Waals surface area (Å²) in [5.41, 5.74) is 6.75. The second-order valence-electron chi connectivity index (χ2n) is 7.61. The molecule has 0 saturated heterocycles. The van der Waals surface area contributed by atoms with Gasteiger partial charge in [-0.3, -0.25) is 19.6 Å². The molecule has 4 rings (SSSR count). The van der Waals surface area contributed by atoms with Gasteiger partial charge in [-0.05, 0) is 38.3 Å². The molecule has 0 amide bonds. The third-order valence-electron chi connectivity index (χ3n) is 5.52. The third-order valence-corrected chi connectivity index (χ3v) is 6.71. The minimum Gasteiger partial charge on any atom is -0.481 e. The summed E-state index contributed by atoms with van der Waals surface area (Å²) in [5.74, 6) is 3.15. The molecule has 0 fully saturated rings. The Kier molecular flexibility index (Phi) is 6.08. The van der Waals surface area contributed by atoms with Gasteiger partial charge in [0.15, 0.2) is 5.82 Å². The Hall–Kier alpha value is -3.48. The minimum atomic E-state index is -0.933. The van der Waals surface area contributed by atoms with Crippen molar-refractivity contribution < 1.29 is 15.1 Å². The van der Waals surface area contributed by atoms with Crippen molar-refractivity contribution in [1.29, 1.82) is 0 Å². The lowest BCUT2D eigenvalue weighted by molar-refractivity contribution is -0.137. The van der Waals surface area contributed by atoms with E-state index in [1.807, 2.05) is 41.2 Å². The van der Waals surface area contributed by atoms with Crippen molar-refractivity contribution in [3.8, 4) is 17.0 Å². The standard InChI is InChI=1S/C23H23N5O3S/c1-13-14(2)32-23-20(13)21(17-9-7-16(8-10-17)6-4-5-11-24-31)25-18(12-19(29)30)22-27-26-15(3)28(22)23/h7-10,18,24,31H,4,6,12H2,1-3H3,(H,29,30). The second kappa shape index (κ2) is 8.94. The molecule has 164 valence electrons. The summed E-state index contributed by atoms with van der Waals surface area (Å²) < 4.78 is 1.95. The average molecular weight is 450 g/mol. The van der Waals surface area contributed by atoms with Crippen LogP contribution in [0.4, 0.5) is 0 Å². The number of carbonyl (C=O) groups is 1. The van der Waals surface area contributed by atoms with Crippen LogP contribution in [0.3, 0.4) is 0 Å². The number of carboxylic acid groups (broad SMARTS) is 1. The highest BCUT2D eigenvalue weighted by molar-refractivity contribution is 7.15. The Labute approximate surface area is 189 Å². The molecule has 1 aromatic carbocycles. The van der Waals surface area contributed by atoms with E-state index in [-0.39, 0.29) is 6.42 Å². The van der Waals surface area contributed by atoms with E-state index < -0.39 is 12.0 Å². The van der Waals surface area contributed by atoms with Gasteiger partial charge in [-0.1, -0.05) is 30.2 Å². The van der Waals surface area contributed by atoms with E-state index in [9.17, 15) is 9.90 Å². The molecule has 0 spiro atoms. The zero-order valence-corrected chi connectivity index (χ0v) is 18.8. The Bertz CT molecular complexity index is 1260. The van der Waals surface area contributed by atoms with Gasteiger partial charge >= 0.3 is 5.97 Å². The number of thiophene rings is 1. The van der Waals surface area contributed by atoms with E-state index in [1.165, 1.54) is 4.88 Å². The summed E-state index contributed by atoms with van der Waals surface area (Å²) in [6.45, 7) is 6.02. The van der Waals surface area contributed by atoms with E-state index in [2.05, 4.69) is 36.0 Å². The molecule has 3 aromatic rings. The first-order chi connectivity index (χ1) is 15.4. The molecule has 3 N–H and O–H groups in total. The molecule has 3 heterocycles. The fraction of sp³-hybridized carbons (Fsp3) is 0.304. The molecule has 32 heavy (non-hydrogen) atoms. The molecular formula is C23H23N5O3S. The quantitative estimate of drug-likeness (QED) is 0.312. The smallest absolute Gasteiger partial charge is 0.306 e. The highest BCUT2D eigenvalue weighted by Crippen LogP contribution is 2.39. The molecule has 2 aromatic heterocycles. The molecule has 0 radical (unpaired) electrons. The summed E-state index contributed by atoms with van der Waals surface area (Å²) in [4.78, 5) is 17.7. The van der Waals surface area contributed by atoms with Crippen LogP contribution in [0.15, 0.2) is 29.3 Å². The van der Waals surface area contributed by atoms with E-state index in [0.717, 1.165) is 39.4 Å². The minimum absolute atomic E-state index is 0.162. The normalized spacial score (nSPS) is 14.5. The maximum absolute atomic E-state index is 11.6. The van der Waals surface area contributed by atoms with Crippen molar-refractivity contribution in [2.75, 3.05) is 0 Å². The fourth-order valence-corrected chi connectivity index (χ4v) is 5.04. The van der Waals surface area contributed by atoms with E-state index >= 15 is 0 Å². The van der Waals surface area contributed by atoms with Crippen molar-refractivity contribution in [2.45, 2.75) is 46.1 Å². The Morgan fingerprint density at radius 2 is 1.97 bits per heavy atom. The van der Waals surface area contributed by atoms with Crippen LogP contribution in [0.25, 0.3) is 5.00 Å². The van der Waals surface area contributed by atoms with Gasteiger partial charge < -0.3 is 5.11 Å². The molecular weight excluding hydrogens is 426 g/mol. The topological polar surface area (TPSA) is 113 Å². The number of hydrogen-bond donors (Lipinski definition) is 3. The summed E-state index contributed by atoms with van der Waals surface area (Å²) in [5, 5.41) is 27.5. The number of fused-ring (bicyclic) bond motifs is 3. The average Bonchev–Trinajstić information content (AvgIpc) is 3.24. The molecule has 1 unspecified atom stereocenters. The highest BCUT2D eigenvalue weighted by atomic mass is 32.1. The lowest BCUT2D eigenvalue weighted by Gasteiger charge is -2.11. The third kappa shape index (κ3) is 4.02. The molecule has 9 heteroatoms. The SMILES string of the molecule is Cc1sc2c(c1C)C(c1ccc(CCC#CNO)cc1)=NC(CC(=O)O)c1nnc(C)n1-2. The molecule has 1 aliphatic rings. The van der Waals surface area contributed by atoms with Gasteiger partial charge in [0.2, 0.25) is 0 Å². The Morgan fingerprint density at radius 1 is 1.22 bits per heavy atom. The summed E-state index contributed by atoms with van der Waals surface area (Å²) >= 11 is 1.64. The number of aliphatic carboxylic acids is 1. The number of aliphatic imine (C=N–C) groups is 1. The maximum atomic E-state index is 11.6. The number of carboxylic acids is 1. The van der Waals surface area contributed by atoms with Gasteiger partial charge in [-0.25, -0.2) is 5.48 Å². The first kappa shape index (κ1) is 21.7. The zero-order valence-electron chi connectivity index (χ0n) is 18.0. The van der Waals surface area contributed by atoms with Gasteiger partial charge in [0.1, 0.15) is 16.9 Å². The first-order valence-corrected chi connectivity index (χ1v) is 11.0. The van der Waals surface area contributed by atoms with Crippen molar-refractivity contribution in [3.05, 3.63) is 63.0 Å². The van der Waals surface area contributed by atoms with Crippen LogP contribution in [0, 0.1) is 32.7 Å². The monoisotopic (exact) mass is 449 g/mol. The van der Waals surface area contributed by atoms with Crippen LogP contribution in [0.1, 0.15) is 57.7 Å². The van der Waals surface area contributed by atoms with Crippen molar-refractivity contribution in [2.24, 2.45) is 4.99 Å². The Morgan fingerprint density at radius 3 is 2.66 bits per heavy atom. The van der Waals surface area contributed by atoms with Gasteiger partial charge in [0, 0.05) is 28.5 Å². The molecule has 1 atom stereocenters. The predicted molar refractivity (Wildman–Crippen MR) is 122 cm³/mol. The summed E-state index contributed by atoms with van der Waals surface area (Å²) in [6, 6.07) is 9.87. The molecule has 0 bridgehead atoms. The van der Waals surface area contributed by atoms with E-state index in [4.69, 9.17) is 10.2 Å². The number of aromatic nitrogens is 3. The first-order valence-electron chi connectivity index (χ1n) is 10.2. The highest BCUT2D eigenvalue weighted by Gasteiger charge is 2.32. The van der Waals surface area contributed by atoms with E-state index in [1.54, 1.807) is 11.3 Å². The van der Waals surface area contributed by atoms with Crippen LogP contribution in [-0.4, -0.2) is 36.8 Å². The Balaban J connectivity index is 1.82. The maximum Gasteiger partial charge on any atom is 0.306 e. The molecule has 1 aliphatic heterocycles. The van der Waals surface area contributed by atoms with Crippen LogP contribution in [-0.2, 0) is 11.2 Å². The summed E-state index contributed by atoms with van der Waals surface area (Å²) in [7, 11) is 0. The van der Waals surface area contributed by atoms with Crippen LogP contribution < -0.4 is 5.48 Å². The summed E-state index contributed by atoms with van der Waals surface area (Å²) in [6.07, 6.45) is 1.21. The number of nitrogens with zero attached hydrogens (tertiary/aromatic N) is 4. The molecule has 0 aliphatic carbocycles.